The largest absolute Gasteiger partial charge is 0.473 e. The van der Waals surface area contributed by atoms with Crippen molar-refractivity contribution in [2.75, 3.05) is 5.32 Å². The average Bonchev–Trinajstić information content (AvgIpc) is 2.47. The second-order valence-corrected chi connectivity index (χ2v) is 6.10. The molecule has 4 heteroatoms. The van der Waals surface area contributed by atoms with Crippen LogP contribution in [0.5, 0.6) is 5.88 Å². The Kier molecular flexibility index (Phi) is 5.62. The van der Waals surface area contributed by atoms with E-state index in [-0.39, 0.29) is 12.1 Å². The standard InChI is InChI=1S/C17H21BrN2O/c1-4-15(13-7-9-14(18)10-8-13)20-16-6-5-11-19-17(16)21-12(2)3/h5-12,15,20H,4H2,1-3H3. The molecule has 0 amide bonds. The highest BCUT2D eigenvalue weighted by atomic mass is 79.9. The van der Waals surface area contributed by atoms with Crippen LogP contribution in [0.3, 0.4) is 0 Å². The van der Waals surface area contributed by atoms with Gasteiger partial charge in [-0.1, -0.05) is 35.0 Å². The predicted octanol–water partition coefficient (Wildman–Crippen LogP) is 5.19. The van der Waals surface area contributed by atoms with Crippen molar-refractivity contribution in [2.45, 2.75) is 39.3 Å². The summed E-state index contributed by atoms with van der Waals surface area (Å²) in [5, 5.41) is 3.54. The lowest BCUT2D eigenvalue weighted by Crippen LogP contribution is -2.13. The van der Waals surface area contributed by atoms with Gasteiger partial charge in [0.05, 0.1) is 17.8 Å². The lowest BCUT2D eigenvalue weighted by Gasteiger charge is -2.21. The number of nitrogens with one attached hydrogen (secondary N) is 1. The first kappa shape index (κ1) is 15.8. The minimum absolute atomic E-state index is 0.105. The van der Waals surface area contributed by atoms with E-state index in [9.17, 15) is 0 Å². The zero-order chi connectivity index (χ0) is 15.2. The van der Waals surface area contributed by atoms with Gasteiger partial charge in [-0.2, -0.15) is 0 Å². The van der Waals surface area contributed by atoms with Crippen LogP contribution in [0.2, 0.25) is 0 Å². The highest BCUT2D eigenvalue weighted by Gasteiger charge is 2.13. The van der Waals surface area contributed by atoms with Crippen molar-refractivity contribution in [3.05, 3.63) is 52.6 Å². The average molecular weight is 349 g/mol. The van der Waals surface area contributed by atoms with Gasteiger partial charge in [0.1, 0.15) is 0 Å². The number of rotatable bonds is 6. The molecule has 0 saturated carbocycles. The van der Waals surface area contributed by atoms with Gasteiger partial charge in [-0.05, 0) is 50.1 Å². The molecule has 112 valence electrons. The Morgan fingerprint density at radius 2 is 1.90 bits per heavy atom. The summed E-state index contributed by atoms with van der Waals surface area (Å²) in [6.07, 6.45) is 2.84. The molecule has 1 N–H and O–H groups in total. The number of ether oxygens (including phenoxy) is 1. The van der Waals surface area contributed by atoms with Crippen molar-refractivity contribution < 1.29 is 4.74 Å². The van der Waals surface area contributed by atoms with Crippen LogP contribution >= 0.6 is 15.9 Å². The lowest BCUT2D eigenvalue weighted by atomic mass is 10.0. The molecule has 0 radical (unpaired) electrons. The number of halogens is 1. The van der Waals surface area contributed by atoms with E-state index < -0.39 is 0 Å². The van der Waals surface area contributed by atoms with Crippen molar-refractivity contribution in [1.29, 1.82) is 0 Å². The van der Waals surface area contributed by atoms with Crippen LogP contribution in [0.4, 0.5) is 5.69 Å². The van der Waals surface area contributed by atoms with Crippen LogP contribution in [-0.4, -0.2) is 11.1 Å². The molecular weight excluding hydrogens is 328 g/mol. The molecule has 1 unspecified atom stereocenters. The highest BCUT2D eigenvalue weighted by Crippen LogP contribution is 2.29. The second kappa shape index (κ2) is 7.46. The van der Waals surface area contributed by atoms with Crippen LogP contribution in [0.1, 0.15) is 38.8 Å². The predicted molar refractivity (Wildman–Crippen MR) is 90.8 cm³/mol. The summed E-state index contributed by atoms with van der Waals surface area (Å²) in [4.78, 5) is 4.32. The zero-order valence-corrected chi connectivity index (χ0v) is 14.2. The van der Waals surface area contributed by atoms with Crippen LogP contribution in [0.15, 0.2) is 47.1 Å². The molecule has 1 heterocycles. The third-order valence-corrected chi connectivity index (χ3v) is 3.66. The van der Waals surface area contributed by atoms with Crippen molar-refractivity contribution in [1.82, 2.24) is 4.98 Å². The van der Waals surface area contributed by atoms with Crippen LogP contribution < -0.4 is 10.1 Å². The fourth-order valence-electron chi connectivity index (χ4n) is 2.12. The third kappa shape index (κ3) is 4.46. The maximum absolute atomic E-state index is 5.76. The molecular formula is C17H21BrN2O. The quantitative estimate of drug-likeness (QED) is 0.779. The first-order valence-electron chi connectivity index (χ1n) is 7.23. The number of pyridine rings is 1. The van der Waals surface area contributed by atoms with E-state index in [0.717, 1.165) is 16.6 Å². The zero-order valence-electron chi connectivity index (χ0n) is 12.6. The van der Waals surface area contributed by atoms with Crippen LogP contribution in [-0.2, 0) is 0 Å². The molecule has 0 aliphatic heterocycles. The van der Waals surface area contributed by atoms with E-state index >= 15 is 0 Å². The maximum atomic E-state index is 5.76. The van der Waals surface area contributed by atoms with Gasteiger partial charge in [-0.3, -0.25) is 0 Å². The Morgan fingerprint density at radius 3 is 2.52 bits per heavy atom. The molecule has 3 nitrogen and oxygen atoms in total. The molecule has 0 aliphatic rings. The third-order valence-electron chi connectivity index (χ3n) is 3.13. The Morgan fingerprint density at radius 1 is 1.19 bits per heavy atom. The summed E-state index contributed by atoms with van der Waals surface area (Å²) < 4.78 is 6.85. The first-order chi connectivity index (χ1) is 10.1. The fraction of sp³-hybridized carbons (Fsp3) is 0.353. The molecule has 0 spiro atoms. The van der Waals surface area contributed by atoms with Gasteiger partial charge in [0.25, 0.3) is 0 Å². The summed E-state index contributed by atoms with van der Waals surface area (Å²) in [5.41, 5.74) is 2.18. The molecule has 0 saturated heterocycles. The number of anilines is 1. The number of nitrogens with zero attached hydrogens (tertiary/aromatic N) is 1. The van der Waals surface area contributed by atoms with E-state index in [1.807, 2.05) is 26.0 Å². The van der Waals surface area contributed by atoms with Crippen LogP contribution in [0, 0.1) is 0 Å². The topological polar surface area (TPSA) is 34.2 Å². The fourth-order valence-corrected chi connectivity index (χ4v) is 2.39. The molecule has 21 heavy (non-hydrogen) atoms. The molecule has 1 aromatic heterocycles. The molecule has 1 aromatic carbocycles. The van der Waals surface area contributed by atoms with E-state index in [1.54, 1.807) is 6.20 Å². The van der Waals surface area contributed by atoms with E-state index in [2.05, 4.69) is 57.4 Å². The molecule has 0 aliphatic carbocycles. The normalized spacial score (nSPS) is 12.2. The minimum atomic E-state index is 0.105. The summed E-state index contributed by atoms with van der Waals surface area (Å²) in [6.45, 7) is 6.17. The Labute approximate surface area is 134 Å². The van der Waals surface area contributed by atoms with Gasteiger partial charge in [-0.15, -0.1) is 0 Å². The molecule has 0 fully saturated rings. The van der Waals surface area contributed by atoms with Gasteiger partial charge >= 0.3 is 0 Å². The van der Waals surface area contributed by atoms with Crippen LogP contribution in [0.25, 0.3) is 0 Å². The van der Waals surface area contributed by atoms with Gasteiger partial charge in [-0.25, -0.2) is 4.98 Å². The van der Waals surface area contributed by atoms with E-state index in [4.69, 9.17) is 4.74 Å². The molecule has 0 bridgehead atoms. The molecule has 2 aromatic rings. The number of benzene rings is 1. The van der Waals surface area contributed by atoms with Gasteiger partial charge in [0.15, 0.2) is 0 Å². The number of aromatic nitrogens is 1. The number of hydrogen-bond donors (Lipinski definition) is 1. The van der Waals surface area contributed by atoms with Crippen molar-refractivity contribution >= 4 is 21.6 Å². The van der Waals surface area contributed by atoms with Crippen molar-refractivity contribution in [3.8, 4) is 5.88 Å². The first-order valence-corrected chi connectivity index (χ1v) is 8.03. The Hall–Kier alpha value is -1.55. The Bertz CT molecular complexity index is 569. The minimum Gasteiger partial charge on any atom is -0.473 e. The second-order valence-electron chi connectivity index (χ2n) is 5.18. The van der Waals surface area contributed by atoms with Gasteiger partial charge < -0.3 is 10.1 Å². The van der Waals surface area contributed by atoms with Gasteiger partial charge in [0, 0.05) is 10.7 Å². The number of hydrogen-bond acceptors (Lipinski definition) is 3. The van der Waals surface area contributed by atoms with E-state index in [1.165, 1.54) is 5.56 Å². The van der Waals surface area contributed by atoms with E-state index in [0.29, 0.717) is 5.88 Å². The smallest absolute Gasteiger partial charge is 0.237 e. The highest BCUT2D eigenvalue weighted by molar-refractivity contribution is 9.10. The van der Waals surface area contributed by atoms with Gasteiger partial charge in [0.2, 0.25) is 5.88 Å². The molecule has 1 atom stereocenters. The monoisotopic (exact) mass is 348 g/mol. The maximum Gasteiger partial charge on any atom is 0.237 e. The SMILES string of the molecule is CCC(Nc1cccnc1OC(C)C)c1ccc(Br)cc1. The Balaban J connectivity index is 2.20. The summed E-state index contributed by atoms with van der Waals surface area (Å²) >= 11 is 3.47. The lowest BCUT2D eigenvalue weighted by molar-refractivity contribution is 0.234. The molecule has 2 rings (SSSR count). The summed E-state index contributed by atoms with van der Waals surface area (Å²) in [7, 11) is 0. The summed E-state index contributed by atoms with van der Waals surface area (Å²) in [6, 6.07) is 12.5. The van der Waals surface area contributed by atoms with Crippen molar-refractivity contribution in [3.63, 3.8) is 0 Å². The summed E-state index contributed by atoms with van der Waals surface area (Å²) in [5.74, 6) is 0.656. The van der Waals surface area contributed by atoms with Crippen molar-refractivity contribution in [2.24, 2.45) is 0 Å².